The number of hydrogen-bond acceptors (Lipinski definition) is 4. The van der Waals surface area contributed by atoms with E-state index in [2.05, 4.69) is 0 Å². The summed E-state index contributed by atoms with van der Waals surface area (Å²) in [6.07, 6.45) is 3.95. The van der Waals surface area contributed by atoms with Gasteiger partial charge >= 0.3 is 11.9 Å². The van der Waals surface area contributed by atoms with E-state index in [4.69, 9.17) is 9.47 Å². The second-order valence-electron chi connectivity index (χ2n) is 4.37. The van der Waals surface area contributed by atoms with Gasteiger partial charge in [-0.1, -0.05) is 6.07 Å². The maximum Gasteiger partial charge on any atom is 0.341 e. The predicted molar refractivity (Wildman–Crippen MR) is 65.7 cm³/mol. The zero-order valence-electron chi connectivity index (χ0n) is 10.6. The highest BCUT2D eigenvalue weighted by Gasteiger charge is 2.23. The number of rotatable bonds is 2. The number of carbonyl (C=O) groups excluding carboxylic acids is 2. The number of ether oxygens (including phenoxy) is 2. The van der Waals surface area contributed by atoms with Crippen LogP contribution in [0.15, 0.2) is 12.1 Å². The molecule has 2 rings (SSSR count). The fourth-order valence-electron chi connectivity index (χ4n) is 2.37. The highest BCUT2D eigenvalue weighted by atomic mass is 16.5. The van der Waals surface area contributed by atoms with Crippen LogP contribution in [0.3, 0.4) is 0 Å². The number of benzene rings is 1. The molecule has 4 heteroatoms. The van der Waals surface area contributed by atoms with Crippen molar-refractivity contribution in [3.05, 3.63) is 28.8 Å². The lowest BCUT2D eigenvalue weighted by atomic mass is 9.88. The Balaban J connectivity index is 2.53. The maximum absolute atomic E-state index is 11.9. The molecule has 0 spiro atoms. The minimum Gasteiger partial charge on any atom is -0.465 e. The minimum atomic E-state index is -0.440. The van der Waals surface area contributed by atoms with Crippen molar-refractivity contribution in [3.63, 3.8) is 0 Å². The molecule has 96 valence electrons. The third kappa shape index (κ3) is 2.37. The van der Waals surface area contributed by atoms with Crippen molar-refractivity contribution >= 4 is 11.9 Å². The van der Waals surface area contributed by atoms with Gasteiger partial charge in [-0.05, 0) is 42.9 Å². The van der Waals surface area contributed by atoms with Crippen LogP contribution in [0, 0.1) is 0 Å². The summed E-state index contributed by atoms with van der Waals surface area (Å²) in [5.41, 5.74) is 2.52. The van der Waals surface area contributed by atoms with Gasteiger partial charge in [-0.2, -0.15) is 0 Å². The summed E-state index contributed by atoms with van der Waals surface area (Å²) in [5.74, 6) is -0.573. The molecule has 0 atom stereocenters. The van der Waals surface area contributed by atoms with Gasteiger partial charge in [0.05, 0.1) is 7.11 Å². The molecule has 0 saturated heterocycles. The van der Waals surface area contributed by atoms with Crippen LogP contribution in [0.2, 0.25) is 0 Å². The van der Waals surface area contributed by atoms with E-state index in [0.717, 1.165) is 36.8 Å². The van der Waals surface area contributed by atoms with E-state index in [0.29, 0.717) is 11.3 Å². The number of carbonyl (C=O) groups is 2. The van der Waals surface area contributed by atoms with E-state index in [1.165, 1.54) is 14.0 Å². The van der Waals surface area contributed by atoms with E-state index in [1.54, 1.807) is 6.07 Å². The van der Waals surface area contributed by atoms with Crippen molar-refractivity contribution in [3.8, 4) is 5.75 Å². The Labute approximate surface area is 106 Å². The minimum absolute atomic E-state index is 0.301. The van der Waals surface area contributed by atoms with Gasteiger partial charge in [-0.3, -0.25) is 4.79 Å². The van der Waals surface area contributed by atoms with E-state index in [9.17, 15) is 9.59 Å². The highest BCUT2D eigenvalue weighted by Crippen LogP contribution is 2.31. The first-order valence-electron chi connectivity index (χ1n) is 6.05. The molecular weight excluding hydrogens is 232 g/mol. The molecule has 18 heavy (non-hydrogen) atoms. The molecule has 0 fully saturated rings. The van der Waals surface area contributed by atoms with Crippen molar-refractivity contribution in [2.75, 3.05) is 7.11 Å². The van der Waals surface area contributed by atoms with Crippen LogP contribution >= 0.6 is 0 Å². The third-order valence-electron chi connectivity index (χ3n) is 3.14. The van der Waals surface area contributed by atoms with Gasteiger partial charge in [0.2, 0.25) is 0 Å². The number of hydrogen-bond donors (Lipinski definition) is 0. The molecule has 0 aromatic heterocycles. The summed E-state index contributed by atoms with van der Waals surface area (Å²) in [7, 11) is 1.34. The summed E-state index contributed by atoms with van der Waals surface area (Å²) in [6, 6.07) is 3.61. The first kappa shape index (κ1) is 12.6. The molecule has 0 bridgehead atoms. The van der Waals surface area contributed by atoms with Crippen LogP contribution in [-0.2, 0) is 22.4 Å². The lowest BCUT2D eigenvalue weighted by Crippen LogP contribution is -2.15. The molecule has 1 aliphatic rings. The van der Waals surface area contributed by atoms with Gasteiger partial charge in [0.15, 0.2) is 0 Å². The first-order valence-corrected chi connectivity index (χ1v) is 6.05. The summed E-state index contributed by atoms with van der Waals surface area (Å²) in [6.45, 7) is 1.32. The second kappa shape index (κ2) is 5.21. The third-order valence-corrected chi connectivity index (χ3v) is 3.14. The smallest absolute Gasteiger partial charge is 0.341 e. The van der Waals surface area contributed by atoms with Crippen molar-refractivity contribution in [1.29, 1.82) is 0 Å². The largest absolute Gasteiger partial charge is 0.465 e. The second-order valence-corrected chi connectivity index (χ2v) is 4.37. The predicted octanol–water partition coefficient (Wildman–Crippen LogP) is 2.28. The number of fused-ring (bicyclic) bond motifs is 1. The van der Waals surface area contributed by atoms with Crippen LogP contribution < -0.4 is 4.74 Å². The average molecular weight is 248 g/mol. The molecular formula is C14H16O4. The Kier molecular flexibility index (Phi) is 3.65. The Morgan fingerprint density at radius 3 is 2.56 bits per heavy atom. The van der Waals surface area contributed by atoms with E-state index >= 15 is 0 Å². The lowest BCUT2D eigenvalue weighted by Gasteiger charge is -2.20. The number of methoxy groups -OCH3 is 1. The zero-order chi connectivity index (χ0) is 13.1. The first-order chi connectivity index (χ1) is 8.63. The van der Waals surface area contributed by atoms with Crippen LogP contribution in [0.25, 0.3) is 0 Å². The van der Waals surface area contributed by atoms with Crippen LogP contribution in [-0.4, -0.2) is 19.0 Å². The molecule has 0 amide bonds. The van der Waals surface area contributed by atoms with Gasteiger partial charge in [0.1, 0.15) is 11.3 Å². The Morgan fingerprint density at radius 1 is 1.17 bits per heavy atom. The molecule has 0 radical (unpaired) electrons. The lowest BCUT2D eigenvalue weighted by molar-refractivity contribution is -0.131. The van der Waals surface area contributed by atoms with Crippen molar-refractivity contribution in [1.82, 2.24) is 0 Å². The highest BCUT2D eigenvalue weighted by molar-refractivity contribution is 5.95. The molecule has 0 N–H and O–H groups in total. The molecule has 4 nitrogen and oxygen atoms in total. The molecule has 0 heterocycles. The summed E-state index contributed by atoms with van der Waals surface area (Å²) in [5, 5.41) is 0. The monoisotopic (exact) mass is 248 g/mol. The Bertz CT molecular complexity index is 491. The number of aryl methyl sites for hydroxylation is 1. The van der Waals surface area contributed by atoms with Crippen LogP contribution in [0.5, 0.6) is 5.75 Å². The summed E-state index contributed by atoms with van der Waals surface area (Å²) >= 11 is 0. The van der Waals surface area contributed by atoms with Gasteiger partial charge in [-0.25, -0.2) is 4.79 Å². The molecule has 0 saturated carbocycles. The Hall–Kier alpha value is -1.84. The topological polar surface area (TPSA) is 52.6 Å². The van der Waals surface area contributed by atoms with Crippen molar-refractivity contribution in [2.24, 2.45) is 0 Å². The van der Waals surface area contributed by atoms with Crippen molar-refractivity contribution < 1.29 is 19.1 Å². The van der Waals surface area contributed by atoms with Crippen LogP contribution in [0.1, 0.15) is 41.3 Å². The summed E-state index contributed by atoms with van der Waals surface area (Å²) < 4.78 is 9.89. The fraction of sp³-hybridized carbons (Fsp3) is 0.429. The van der Waals surface area contributed by atoms with Gasteiger partial charge in [0.25, 0.3) is 0 Å². The molecule has 1 aromatic rings. The van der Waals surface area contributed by atoms with E-state index < -0.39 is 11.9 Å². The van der Waals surface area contributed by atoms with Gasteiger partial charge in [-0.15, -0.1) is 0 Å². The van der Waals surface area contributed by atoms with Crippen LogP contribution in [0.4, 0.5) is 0 Å². The zero-order valence-corrected chi connectivity index (χ0v) is 10.6. The molecule has 0 aliphatic heterocycles. The maximum atomic E-state index is 11.9. The van der Waals surface area contributed by atoms with Crippen molar-refractivity contribution in [2.45, 2.75) is 32.6 Å². The molecule has 1 aromatic carbocycles. The van der Waals surface area contributed by atoms with E-state index in [-0.39, 0.29) is 0 Å². The quantitative estimate of drug-likeness (QED) is 0.595. The van der Waals surface area contributed by atoms with E-state index in [1.807, 2.05) is 6.07 Å². The van der Waals surface area contributed by atoms with Gasteiger partial charge in [0, 0.05) is 6.92 Å². The fourth-order valence-corrected chi connectivity index (χ4v) is 2.37. The van der Waals surface area contributed by atoms with Gasteiger partial charge < -0.3 is 9.47 Å². The average Bonchev–Trinajstić information content (AvgIpc) is 2.37. The number of esters is 2. The molecule has 1 aliphatic carbocycles. The SMILES string of the molecule is COC(=O)c1c(OC(C)=O)ccc2c1CCCC2. The normalized spacial score (nSPS) is 13.7. The molecule has 0 unspecified atom stereocenters. The summed E-state index contributed by atoms with van der Waals surface area (Å²) in [4.78, 5) is 22.9. The Morgan fingerprint density at radius 2 is 1.89 bits per heavy atom. The standard InChI is InChI=1S/C14H16O4/c1-9(15)18-12-8-7-10-5-3-4-6-11(10)13(12)14(16)17-2/h7-8H,3-6H2,1-2H3.